The zero-order valence-electron chi connectivity index (χ0n) is 15.5. The molecule has 6 nitrogen and oxygen atoms in total. The van der Waals surface area contributed by atoms with E-state index in [-0.39, 0.29) is 11.5 Å². The minimum Gasteiger partial charge on any atom is -0.504 e. The Morgan fingerprint density at radius 2 is 1.04 bits per heavy atom. The molecule has 0 atom stereocenters. The largest absolute Gasteiger partial charge is 0.504 e. The molecule has 0 fully saturated rings. The van der Waals surface area contributed by atoms with Crippen molar-refractivity contribution in [2.24, 2.45) is 9.98 Å². The van der Waals surface area contributed by atoms with Gasteiger partial charge in [0.05, 0.1) is 25.6 Å². The van der Waals surface area contributed by atoms with E-state index in [4.69, 9.17) is 9.47 Å². The van der Waals surface area contributed by atoms with Gasteiger partial charge >= 0.3 is 0 Å². The van der Waals surface area contributed by atoms with Crippen LogP contribution in [-0.4, -0.2) is 36.9 Å². The molecule has 0 heterocycles. The normalized spacial score (nSPS) is 11.2. The molecule has 0 aliphatic heterocycles. The first-order valence-corrected chi connectivity index (χ1v) is 8.52. The molecule has 0 bridgehead atoms. The van der Waals surface area contributed by atoms with Crippen molar-refractivity contribution in [3.63, 3.8) is 0 Å². The predicted molar refractivity (Wildman–Crippen MR) is 110 cm³/mol. The Morgan fingerprint density at radius 1 is 0.643 bits per heavy atom. The van der Waals surface area contributed by atoms with E-state index in [9.17, 15) is 10.2 Å². The number of ether oxygens (including phenoxy) is 2. The lowest BCUT2D eigenvalue weighted by molar-refractivity contribution is 0.373. The average molecular weight is 376 g/mol. The summed E-state index contributed by atoms with van der Waals surface area (Å²) in [5.74, 6) is 0.894. The Bertz CT molecular complexity index is 929. The van der Waals surface area contributed by atoms with Crippen LogP contribution in [0.2, 0.25) is 0 Å². The fourth-order valence-corrected chi connectivity index (χ4v) is 2.53. The van der Waals surface area contributed by atoms with E-state index < -0.39 is 0 Å². The zero-order chi connectivity index (χ0) is 19.9. The van der Waals surface area contributed by atoms with E-state index in [0.717, 1.165) is 0 Å². The van der Waals surface area contributed by atoms with E-state index in [1.807, 2.05) is 24.3 Å². The number of rotatable bonds is 6. The van der Waals surface area contributed by atoms with Crippen molar-refractivity contribution in [3.05, 3.63) is 71.8 Å². The molecule has 0 saturated carbocycles. The minimum absolute atomic E-state index is 0.0491. The molecule has 2 N–H and O–H groups in total. The van der Waals surface area contributed by atoms with Crippen molar-refractivity contribution < 1.29 is 19.7 Å². The second kappa shape index (κ2) is 8.73. The highest BCUT2D eigenvalue weighted by Gasteiger charge is 2.05. The molecule has 3 rings (SSSR count). The summed E-state index contributed by atoms with van der Waals surface area (Å²) in [6, 6.07) is 17.7. The van der Waals surface area contributed by atoms with Crippen molar-refractivity contribution >= 4 is 23.8 Å². The Labute approximate surface area is 163 Å². The summed E-state index contributed by atoms with van der Waals surface area (Å²) in [5, 5.41) is 20.2. The molecule has 0 amide bonds. The maximum Gasteiger partial charge on any atom is 0.166 e. The third kappa shape index (κ3) is 4.29. The van der Waals surface area contributed by atoms with Crippen LogP contribution in [0.25, 0.3) is 0 Å². The first kappa shape index (κ1) is 19.0. The second-order valence-electron chi connectivity index (χ2n) is 5.83. The topological polar surface area (TPSA) is 83.6 Å². The molecule has 0 spiro atoms. The second-order valence-corrected chi connectivity index (χ2v) is 5.83. The van der Waals surface area contributed by atoms with Crippen LogP contribution in [0.5, 0.6) is 23.0 Å². The highest BCUT2D eigenvalue weighted by Crippen LogP contribution is 2.30. The van der Waals surface area contributed by atoms with E-state index >= 15 is 0 Å². The van der Waals surface area contributed by atoms with Gasteiger partial charge in [-0.15, -0.1) is 0 Å². The number of para-hydroxylation sites is 2. The number of hydrogen-bond donors (Lipinski definition) is 2. The van der Waals surface area contributed by atoms with E-state index in [1.165, 1.54) is 14.2 Å². The maximum absolute atomic E-state index is 10.1. The van der Waals surface area contributed by atoms with Crippen LogP contribution in [0, 0.1) is 0 Å². The summed E-state index contributed by atoms with van der Waals surface area (Å²) in [7, 11) is 3.00. The van der Waals surface area contributed by atoms with E-state index in [0.29, 0.717) is 34.0 Å². The molecular weight excluding hydrogens is 356 g/mol. The zero-order valence-corrected chi connectivity index (χ0v) is 15.5. The summed E-state index contributed by atoms with van der Waals surface area (Å²) in [4.78, 5) is 8.72. The fourth-order valence-electron chi connectivity index (χ4n) is 2.53. The van der Waals surface area contributed by atoms with Crippen LogP contribution in [-0.2, 0) is 0 Å². The number of aliphatic imine (C=N–C) groups is 2. The van der Waals surface area contributed by atoms with Crippen molar-refractivity contribution in [3.8, 4) is 23.0 Å². The molecule has 6 heteroatoms. The lowest BCUT2D eigenvalue weighted by Crippen LogP contribution is -1.88. The molecule has 0 aliphatic rings. The molecular formula is C22H20N2O4. The molecule has 0 saturated heterocycles. The number of phenolic OH excluding ortho intramolecular Hbond substituents is 2. The first-order chi connectivity index (χ1) is 13.6. The molecule has 142 valence electrons. The third-order valence-corrected chi connectivity index (χ3v) is 4.06. The van der Waals surface area contributed by atoms with Crippen LogP contribution >= 0.6 is 0 Å². The van der Waals surface area contributed by atoms with Gasteiger partial charge in [-0.25, -0.2) is 0 Å². The summed E-state index contributed by atoms with van der Waals surface area (Å²) < 4.78 is 10.2. The third-order valence-electron chi connectivity index (χ3n) is 4.06. The number of phenols is 2. The van der Waals surface area contributed by atoms with Crippen molar-refractivity contribution in [2.75, 3.05) is 14.2 Å². The average Bonchev–Trinajstić information content (AvgIpc) is 2.73. The van der Waals surface area contributed by atoms with Crippen LogP contribution in [0.15, 0.2) is 70.6 Å². The Hall–Kier alpha value is -3.80. The number of methoxy groups -OCH3 is 2. The van der Waals surface area contributed by atoms with Gasteiger partial charge < -0.3 is 19.7 Å². The van der Waals surface area contributed by atoms with E-state index in [2.05, 4.69) is 9.98 Å². The summed E-state index contributed by atoms with van der Waals surface area (Å²) in [5.41, 5.74) is 2.56. The van der Waals surface area contributed by atoms with Crippen molar-refractivity contribution in [1.82, 2.24) is 0 Å². The Kier molecular flexibility index (Phi) is 5.91. The molecule has 3 aromatic rings. The van der Waals surface area contributed by atoms with Gasteiger partial charge in [0.2, 0.25) is 0 Å². The predicted octanol–water partition coefficient (Wildman–Crippen LogP) is 4.62. The van der Waals surface area contributed by atoms with Gasteiger partial charge in [-0.1, -0.05) is 12.1 Å². The smallest absolute Gasteiger partial charge is 0.166 e. The lowest BCUT2D eigenvalue weighted by atomic mass is 10.2. The van der Waals surface area contributed by atoms with Gasteiger partial charge in [-0.05, 0) is 48.5 Å². The summed E-state index contributed by atoms with van der Waals surface area (Å²) in [6.07, 6.45) is 3.15. The van der Waals surface area contributed by atoms with Crippen LogP contribution in [0.4, 0.5) is 11.4 Å². The number of aromatic hydroxyl groups is 2. The Balaban J connectivity index is 1.74. The summed E-state index contributed by atoms with van der Waals surface area (Å²) >= 11 is 0. The van der Waals surface area contributed by atoms with E-state index in [1.54, 1.807) is 48.8 Å². The summed E-state index contributed by atoms with van der Waals surface area (Å²) in [6.45, 7) is 0. The van der Waals surface area contributed by atoms with Crippen LogP contribution in [0.3, 0.4) is 0 Å². The maximum atomic E-state index is 10.1. The van der Waals surface area contributed by atoms with Gasteiger partial charge in [0.1, 0.15) is 0 Å². The highest BCUT2D eigenvalue weighted by atomic mass is 16.5. The van der Waals surface area contributed by atoms with Crippen molar-refractivity contribution in [1.29, 1.82) is 0 Å². The fraction of sp³-hybridized carbons (Fsp3) is 0.0909. The molecule has 3 aromatic carbocycles. The first-order valence-electron chi connectivity index (χ1n) is 8.52. The quantitative estimate of drug-likeness (QED) is 0.615. The number of nitrogens with zero attached hydrogens (tertiary/aromatic N) is 2. The standard InChI is InChI=1S/C22H20N2O4/c1-27-19-7-3-5-15(21(19)25)13-23-17-9-11-18(12-10-17)24-14-16-6-4-8-20(28-2)22(16)26/h3-14,25-26H,1-2H3. The minimum atomic E-state index is 0.0491. The van der Waals surface area contributed by atoms with Gasteiger partial charge in [-0.2, -0.15) is 0 Å². The van der Waals surface area contributed by atoms with Gasteiger partial charge in [0.25, 0.3) is 0 Å². The van der Waals surface area contributed by atoms with Crippen LogP contribution < -0.4 is 9.47 Å². The van der Waals surface area contributed by atoms with Gasteiger partial charge in [0.15, 0.2) is 23.0 Å². The number of hydrogen-bond acceptors (Lipinski definition) is 6. The highest BCUT2D eigenvalue weighted by molar-refractivity contribution is 5.87. The molecule has 0 radical (unpaired) electrons. The molecule has 0 unspecified atom stereocenters. The molecule has 0 aromatic heterocycles. The van der Waals surface area contributed by atoms with Crippen LogP contribution in [0.1, 0.15) is 11.1 Å². The number of benzene rings is 3. The molecule has 0 aliphatic carbocycles. The van der Waals surface area contributed by atoms with Gasteiger partial charge in [-0.3, -0.25) is 9.98 Å². The Morgan fingerprint density at radius 3 is 1.39 bits per heavy atom. The molecule has 28 heavy (non-hydrogen) atoms. The van der Waals surface area contributed by atoms with Gasteiger partial charge in [0, 0.05) is 23.6 Å². The SMILES string of the molecule is COc1cccc(C=Nc2ccc(N=Cc3cccc(OC)c3O)cc2)c1O. The monoisotopic (exact) mass is 376 g/mol. The lowest BCUT2D eigenvalue weighted by Gasteiger charge is -2.05. The van der Waals surface area contributed by atoms with Crippen molar-refractivity contribution in [2.45, 2.75) is 0 Å².